The summed E-state index contributed by atoms with van der Waals surface area (Å²) in [7, 11) is 0. The van der Waals surface area contributed by atoms with Crippen LogP contribution in [0.1, 0.15) is 19.4 Å². The van der Waals surface area contributed by atoms with Gasteiger partial charge >= 0.3 is 0 Å². The number of halogens is 1. The Kier molecular flexibility index (Phi) is 4.66. The minimum absolute atomic E-state index is 0.339. The van der Waals surface area contributed by atoms with E-state index in [9.17, 15) is 9.59 Å². The van der Waals surface area contributed by atoms with Crippen LogP contribution in [-0.2, 0) is 4.79 Å². The van der Waals surface area contributed by atoms with Crippen molar-refractivity contribution in [3.8, 4) is 0 Å². The molecule has 122 valence electrons. The lowest BCUT2D eigenvalue weighted by molar-refractivity contribution is -0.115. The highest BCUT2D eigenvalue weighted by Gasteiger charge is 2.27. The molecular formula is C16H18ClN3O2S. The number of hydrogen-bond donors (Lipinski definition) is 2. The zero-order valence-corrected chi connectivity index (χ0v) is 14.5. The monoisotopic (exact) mass is 351 g/mol. The second-order valence-corrected chi connectivity index (χ2v) is 7.33. The van der Waals surface area contributed by atoms with Crippen LogP contribution in [0.4, 0.5) is 10.5 Å². The third-order valence-corrected chi connectivity index (χ3v) is 4.94. The van der Waals surface area contributed by atoms with E-state index in [1.807, 2.05) is 18.2 Å². The summed E-state index contributed by atoms with van der Waals surface area (Å²) in [6, 6.07) is 6.32. The van der Waals surface area contributed by atoms with Crippen molar-refractivity contribution in [3.05, 3.63) is 33.7 Å². The maximum Gasteiger partial charge on any atom is 0.290 e. The van der Waals surface area contributed by atoms with E-state index in [1.165, 1.54) is 0 Å². The molecule has 0 unspecified atom stereocenters. The maximum absolute atomic E-state index is 11.8. The minimum Gasteiger partial charge on any atom is -0.367 e. The largest absolute Gasteiger partial charge is 0.367 e. The average molecular weight is 352 g/mol. The van der Waals surface area contributed by atoms with Gasteiger partial charge in [0.2, 0.25) is 0 Å². The van der Waals surface area contributed by atoms with Crippen molar-refractivity contribution in [3.63, 3.8) is 0 Å². The summed E-state index contributed by atoms with van der Waals surface area (Å²) >= 11 is 7.36. The third kappa shape index (κ3) is 3.54. The van der Waals surface area contributed by atoms with Gasteiger partial charge < -0.3 is 10.2 Å². The Morgan fingerprint density at radius 2 is 1.96 bits per heavy atom. The van der Waals surface area contributed by atoms with Gasteiger partial charge in [-0.25, -0.2) is 0 Å². The Balaban J connectivity index is 1.99. The Hall–Kier alpha value is -1.50. The predicted octanol–water partition coefficient (Wildman–Crippen LogP) is 2.85. The standard InChI is InChI=1S/C16H18ClN3O2S/c1-9-7-20(8-10(2)18-9)14-11(4-3-5-12(14)17)6-13-15(21)19-16(22)23-13/h3-6,9-10,18H,7-8H2,1-2H3,(H,19,21,22)/t9-,10+. The van der Waals surface area contributed by atoms with Crippen LogP contribution in [0.25, 0.3) is 6.08 Å². The Bertz CT molecular complexity index is 682. The molecular weight excluding hydrogens is 334 g/mol. The highest BCUT2D eigenvalue weighted by molar-refractivity contribution is 8.18. The van der Waals surface area contributed by atoms with Gasteiger partial charge in [-0.15, -0.1) is 0 Å². The quantitative estimate of drug-likeness (QED) is 0.802. The number of nitrogens with one attached hydrogen (secondary N) is 2. The molecule has 2 aliphatic heterocycles. The smallest absolute Gasteiger partial charge is 0.290 e. The van der Waals surface area contributed by atoms with Gasteiger partial charge in [0.1, 0.15) is 0 Å². The fraction of sp³-hybridized carbons (Fsp3) is 0.375. The first-order valence-corrected chi connectivity index (χ1v) is 8.68. The molecule has 2 atom stereocenters. The predicted molar refractivity (Wildman–Crippen MR) is 94.8 cm³/mol. The fourth-order valence-electron chi connectivity index (χ4n) is 3.05. The molecule has 3 rings (SSSR count). The highest BCUT2D eigenvalue weighted by Crippen LogP contribution is 2.35. The molecule has 2 heterocycles. The molecule has 1 aromatic carbocycles. The molecule has 5 nitrogen and oxygen atoms in total. The number of carbonyl (C=O) groups is 2. The first-order chi connectivity index (χ1) is 10.9. The zero-order chi connectivity index (χ0) is 16.6. The molecule has 0 aromatic heterocycles. The topological polar surface area (TPSA) is 61.4 Å². The SMILES string of the molecule is C[C@@H]1CN(c2c(Cl)cccc2C=C2SC(=O)NC2=O)C[C@H](C)N1. The van der Waals surface area contributed by atoms with Crippen molar-refractivity contribution in [2.45, 2.75) is 25.9 Å². The van der Waals surface area contributed by atoms with Crippen molar-refractivity contribution in [2.24, 2.45) is 0 Å². The number of amides is 2. The summed E-state index contributed by atoms with van der Waals surface area (Å²) in [5.74, 6) is -0.354. The summed E-state index contributed by atoms with van der Waals surface area (Å²) in [5, 5.41) is 6.08. The Morgan fingerprint density at radius 1 is 1.26 bits per heavy atom. The van der Waals surface area contributed by atoms with Crippen LogP contribution in [0.15, 0.2) is 23.1 Å². The van der Waals surface area contributed by atoms with Gasteiger partial charge in [-0.2, -0.15) is 0 Å². The Labute approximate surface area is 144 Å². The second kappa shape index (κ2) is 6.55. The van der Waals surface area contributed by atoms with Gasteiger partial charge in [-0.1, -0.05) is 23.7 Å². The average Bonchev–Trinajstić information content (AvgIpc) is 2.76. The van der Waals surface area contributed by atoms with Crippen molar-refractivity contribution in [2.75, 3.05) is 18.0 Å². The molecule has 23 heavy (non-hydrogen) atoms. The summed E-state index contributed by atoms with van der Waals surface area (Å²) in [5.41, 5.74) is 1.76. The second-order valence-electron chi connectivity index (χ2n) is 5.90. The lowest BCUT2D eigenvalue weighted by Gasteiger charge is -2.38. The molecule has 7 heteroatoms. The summed E-state index contributed by atoms with van der Waals surface area (Å²) < 4.78 is 0. The van der Waals surface area contributed by atoms with Gasteiger partial charge in [0.15, 0.2) is 0 Å². The Morgan fingerprint density at radius 3 is 2.57 bits per heavy atom. The number of imide groups is 1. The number of rotatable bonds is 2. The lowest BCUT2D eigenvalue weighted by atomic mass is 10.1. The maximum atomic E-state index is 11.8. The van der Waals surface area contributed by atoms with Crippen molar-refractivity contribution < 1.29 is 9.59 Å². The molecule has 1 aromatic rings. The van der Waals surface area contributed by atoms with Gasteiger partial charge in [0, 0.05) is 30.7 Å². The van der Waals surface area contributed by atoms with Crippen LogP contribution in [0.2, 0.25) is 5.02 Å². The van der Waals surface area contributed by atoms with Crippen LogP contribution in [0.3, 0.4) is 0 Å². The minimum atomic E-state index is -0.354. The van der Waals surface area contributed by atoms with E-state index >= 15 is 0 Å². The fourth-order valence-corrected chi connectivity index (χ4v) is 4.03. The highest BCUT2D eigenvalue weighted by atomic mass is 35.5. The number of anilines is 1. The molecule has 0 saturated carbocycles. The van der Waals surface area contributed by atoms with E-state index in [0.717, 1.165) is 36.1 Å². The zero-order valence-electron chi connectivity index (χ0n) is 12.9. The van der Waals surface area contributed by atoms with Gasteiger partial charge in [0.05, 0.1) is 15.6 Å². The number of hydrogen-bond acceptors (Lipinski definition) is 5. The molecule has 2 fully saturated rings. The van der Waals surface area contributed by atoms with Crippen molar-refractivity contribution in [1.82, 2.24) is 10.6 Å². The number of nitrogens with zero attached hydrogens (tertiary/aromatic N) is 1. The van der Waals surface area contributed by atoms with E-state index in [4.69, 9.17) is 11.6 Å². The van der Waals surface area contributed by atoms with E-state index < -0.39 is 0 Å². The summed E-state index contributed by atoms with van der Waals surface area (Å²) in [6.45, 7) is 5.94. The molecule has 0 aliphatic carbocycles. The van der Waals surface area contributed by atoms with Crippen LogP contribution in [0.5, 0.6) is 0 Å². The van der Waals surface area contributed by atoms with Crippen molar-refractivity contribution in [1.29, 1.82) is 0 Å². The van der Waals surface area contributed by atoms with E-state index in [1.54, 1.807) is 6.08 Å². The van der Waals surface area contributed by atoms with Crippen LogP contribution >= 0.6 is 23.4 Å². The number of thioether (sulfide) groups is 1. The number of benzene rings is 1. The third-order valence-electron chi connectivity index (χ3n) is 3.82. The number of para-hydroxylation sites is 1. The summed E-state index contributed by atoms with van der Waals surface area (Å²) in [6.07, 6.45) is 1.74. The normalized spacial score (nSPS) is 26.7. The lowest BCUT2D eigenvalue weighted by Crippen LogP contribution is -2.54. The van der Waals surface area contributed by atoms with E-state index in [0.29, 0.717) is 22.0 Å². The van der Waals surface area contributed by atoms with Gasteiger partial charge in [-0.05, 0) is 37.8 Å². The molecule has 0 radical (unpaired) electrons. The number of piperazine rings is 1. The summed E-state index contributed by atoms with van der Waals surface area (Å²) in [4.78, 5) is 25.8. The van der Waals surface area contributed by atoms with E-state index in [2.05, 4.69) is 29.4 Å². The van der Waals surface area contributed by atoms with Gasteiger partial charge in [0.25, 0.3) is 11.1 Å². The first kappa shape index (κ1) is 16.4. The van der Waals surface area contributed by atoms with Gasteiger partial charge in [-0.3, -0.25) is 14.9 Å². The van der Waals surface area contributed by atoms with E-state index in [-0.39, 0.29) is 11.1 Å². The molecule has 0 bridgehead atoms. The molecule has 0 spiro atoms. The number of carbonyl (C=O) groups excluding carboxylic acids is 2. The molecule has 2 saturated heterocycles. The van der Waals surface area contributed by atoms with Crippen molar-refractivity contribution >= 4 is 46.3 Å². The van der Waals surface area contributed by atoms with Crippen LogP contribution in [-0.4, -0.2) is 36.3 Å². The van der Waals surface area contributed by atoms with Crippen LogP contribution in [0, 0.1) is 0 Å². The van der Waals surface area contributed by atoms with Crippen LogP contribution < -0.4 is 15.5 Å². The first-order valence-electron chi connectivity index (χ1n) is 7.48. The molecule has 2 N–H and O–H groups in total. The molecule has 2 amide bonds. The molecule has 2 aliphatic rings.